The fraction of sp³-hybridized carbons (Fsp3) is 0.267. The van der Waals surface area contributed by atoms with Crippen LogP contribution in [0.4, 0.5) is 5.69 Å². The predicted molar refractivity (Wildman–Crippen MR) is 72.7 cm³/mol. The predicted octanol–water partition coefficient (Wildman–Crippen LogP) is 3.49. The quantitative estimate of drug-likeness (QED) is 0.578. The molecule has 0 radical (unpaired) electrons. The van der Waals surface area contributed by atoms with Gasteiger partial charge in [0, 0.05) is 23.4 Å². The van der Waals surface area contributed by atoms with E-state index in [9.17, 15) is 14.9 Å². The van der Waals surface area contributed by atoms with Gasteiger partial charge in [0.25, 0.3) is 5.69 Å². The second kappa shape index (κ2) is 3.88. The number of benzene rings is 2. The molecule has 0 saturated heterocycles. The number of carbonyl (C=O) groups excluding carboxylic acids is 1. The van der Waals surface area contributed by atoms with E-state index in [-0.39, 0.29) is 16.4 Å². The molecular weight excluding hydrogens is 242 g/mol. The number of hydrogen-bond donors (Lipinski definition) is 0. The van der Waals surface area contributed by atoms with Crippen LogP contribution >= 0.6 is 0 Å². The standard InChI is InChI=1S/C15H13NO3/c1-8-3-4-11-13(17)6-5-10-9(2)7-12(16(18)19)14(8)15(10)11/h3-4,7H,5-6H2,1-2H3. The van der Waals surface area contributed by atoms with Crippen LogP contribution in [0.2, 0.25) is 0 Å². The first-order valence-electron chi connectivity index (χ1n) is 6.24. The zero-order chi connectivity index (χ0) is 13.7. The van der Waals surface area contributed by atoms with E-state index in [4.69, 9.17) is 0 Å². The molecule has 0 saturated carbocycles. The molecule has 0 fully saturated rings. The highest BCUT2D eigenvalue weighted by molar-refractivity contribution is 6.14. The molecule has 0 amide bonds. The van der Waals surface area contributed by atoms with Crippen molar-refractivity contribution in [2.75, 3.05) is 0 Å². The summed E-state index contributed by atoms with van der Waals surface area (Å²) in [5, 5.41) is 12.7. The maximum absolute atomic E-state index is 12.0. The van der Waals surface area contributed by atoms with Gasteiger partial charge in [-0.25, -0.2) is 0 Å². The molecule has 2 aromatic carbocycles. The second-order valence-corrected chi connectivity index (χ2v) is 5.05. The molecule has 0 N–H and O–H groups in total. The third-order valence-corrected chi connectivity index (χ3v) is 3.90. The Morgan fingerprint density at radius 3 is 2.53 bits per heavy atom. The molecule has 96 valence electrons. The van der Waals surface area contributed by atoms with Crippen molar-refractivity contribution in [1.82, 2.24) is 0 Å². The average Bonchev–Trinajstić information content (AvgIpc) is 2.36. The Balaban J connectivity index is 2.59. The van der Waals surface area contributed by atoms with E-state index < -0.39 is 0 Å². The van der Waals surface area contributed by atoms with Crippen LogP contribution < -0.4 is 0 Å². The smallest absolute Gasteiger partial charge is 0.277 e. The number of hydrogen-bond acceptors (Lipinski definition) is 3. The van der Waals surface area contributed by atoms with Gasteiger partial charge in [0.05, 0.1) is 10.3 Å². The Morgan fingerprint density at radius 2 is 1.84 bits per heavy atom. The average molecular weight is 255 g/mol. The van der Waals surface area contributed by atoms with Crippen LogP contribution in [0.5, 0.6) is 0 Å². The van der Waals surface area contributed by atoms with Gasteiger partial charge in [-0.1, -0.05) is 12.1 Å². The molecule has 4 nitrogen and oxygen atoms in total. The summed E-state index contributed by atoms with van der Waals surface area (Å²) in [5.41, 5.74) is 3.57. The highest BCUT2D eigenvalue weighted by atomic mass is 16.6. The summed E-state index contributed by atoms with van der Waals surface area (Å²) in [6.07, 6.45) is 1.17. The lowest BCUT2D eigenvalue weighted by Gasteiger charge is -2.19. The fourth-order valence-electron chi connectivity index (χ4n) is 2.98. The molecule has 0 heterocycles. The van der Waals surface area contributed by atoms with Gasteiger partial charge >= 0.3 is 0 Å². The summed E-state index contributed by atoms with van der Waals surface area (Å²) < 4.78 is 0. The summed E-state index contributed by atoms with van der Waals surface area (Å²) in [6.45, 7) is 3.73. The molecule has 0 unspecified atom stereocenters. The number of rotatable bonds is 1. The lowest BCUT2D eigenvalue weighted by molar-refractivity contribution is -0.383. The van der Waals surface area contributed by atoms with Gasteiger partial charge in [0.2, 0.25) is 0 Å². The molecule has 3 rings (SSSR count). The molecule has 19 heavy (non-hydrogen) atoms. The summed E-state index contributed by atoms with van der Waals surface area (Å²) in [7, 11) is 0. The van der Waals surface area contributed by atoms with Crippen LogP contribution in [-0.2, 0) is 6.42 Å². The molecule has 0 aromatic heterocycles. The van der Waals surface area contributed by atoms with Gasteiger partial charge < -0.3 is 0 Å². The van der Waals surface area contributed by atoms with E-state index in [1.54, 1.807) is 18.2 Å². The molecule has 1 aliphatic rings. The first-order chi connectivity index (χ1) is 9.00. The lowest BCUT2D eigenvalue weighted by atomic mass is 9.83. The number of nitro groups is 1. The Bertz CT molecular complexity index is 747. The zero-order valence-corrected chi connectivity index (χ0v) is 10.8. The topological polar surface area (TPSA) is 60.2 Å². The van der Waals surface area contributed by atoms with Crippen molar-refractivity contribution < 1.29 is 9.72 Å². The van der Waals surface area contributed by atoms with Gasteiger partial charge in [-0.3, -0.25) is 14.9 Å². The fourth-order valence-corrected chi connectivity index (χ4v) is 2.98. The molecule has 4 heteroatoms. The van der Waals surface area contributed by atoms with Crippen molar-refractivity contribution in [3.63, 3.8) is 0 Å². The summed E-state index contributed by atoms with van der Waals surface area (Å²) in [5.74, 6) is 0.0809. The second-order valence-electron chi connectivity index (χ2n) is 5.05. The Labute approximate surface area is 110 Å². The lowest BCUT2D eigenvalue weighted by Crippen LogP contribution is -2.12. The van der Waals surface area contributed by atoms with Crippen LogP contribution in [0.25, 0.3) is 10.8 Å². The minimum absolute atomic E-state index is 0.0809. The van der Waals surface area contributed by atoms with Crippen LogP contribution in [0.3, 0.4) is 0 Å². The number of carbonyl (C=O) groups is 1. The molecular formula is C15H13NO3. The van der Waals surface area contributed by atoms with Gasteiger partial charge in [0.1, 0.15) is 0 Å². The Morgan fingerprint density at radius 1 is 1.11 bits per heavy atom. The van der Waals surface area contributed by atoms with Gasteiger partial charge in [-0.2, -0.15) is 0 Å². The molecule has 0 bridgehead atoms. The van der Waals surface area contributed by atoms with E-state index in [0.29, 0.717) is 23.8 Å². The Hall–Kier alpha value is -2.23. The zero-order valence-electron chi connectivity index (χ0n) is 10.8. The SMILES string of the molecule is Cc1cc([N+](=O)[O-])c2c(C)ccc3c2c1CCC3=O. The van der Waals surface area contributed by atoms with E-state index in [0.717, 1.165) is 22.1 Å². The van der Waals surface area contributed by atoms with Crippen molar-refractivity contribution in [3.05, 3.63) is 50.6 Å². The Kier molecular flexibility index (Phi) is 2.42. The number of nitrogens with zero attached hydrogens (tertiary/aromatic N) is 1. The van der Waals surface area contributed by atoms with Gasteiger partial charge in [0.15, 0.2) is 5.78 Å². The van der Waals surface area contributed by atoms with E-state index in [1.165, 1.54) is 0 Å². The van der Waals surface area contributed by atoms with E-state index >= 15 is 0 Å². The minimum Gasteiger partial charge on any atom is -0.294 e. The number of non-ortho nitro benzene ring substituents is 1. The van der Waals surface area contributed by atoms with Crippen LogP contribution in [0.15, 0.2) is 18.2 Å². The van der Waals surface area contributed by atoms with Crippen molar-refractivity contribution in [2.45, 2.75) is 26.7 Å². The summed E-state index contributed by atoms with van der Waals surface area (Å²) >= 11 is 0. The molecule has 0 atom stereocenters. The van der Waals surface area contributed by atoms with E-state index in [1.807, 2.05) is 13.8 Å². The summed E-state index contributed by atoms with van der Waals surface area (Å²) in [6, 6.07) is 5.23. The van der Waals surface area contributed by atoms with Crippen LogP contribution in [0, 0.1) is 24.0 Å². The van der Waals surface area contributed by atoms with Crippen molar-refractivity contribution in [1.29, 1.82) is 0 Å². The first-order valence-corrected chi connectivity index (χ1v) is 6.24. The molecule has 2 aromatic rings. The van der Waals surface area contributed by atoms with Crippen molar-refractivity contribution in [3.8, 4) is 0 Å². The van der Waals surface area contributed by atoms with Crippen molar-refractivity contribution >= 4 is 22.2 Å². The third kappa shape index (κ3) is 1.56. The first kappa shape index (κ1) is 11.8. The number of Topliss-reactive ketones (excluding diaryl/α,β-unsaturated/α-hetero) is 1. The van der Waals surface area contributed by atoms with E-state index in [2.05, 4.69) is 0 Å². The summed E-state index contributed by atoms with van der Waals surface area (Å²) in [4.78, 5) is 22.9. The monoisotopic (exact) mass is 255 g/mol. The number of nitro benzene ring substituents is 1. The van der Waals surface area contributed by atoms with Crippen LogP contribution in [0.1, 0.15) is 33.5 Å². The van der Waals surface area contributed by atoms with Crippen molar-refractivity contribution in [2.24, 2.45) is 0 Å². The molecule has 1 aliphatic carbocycles. The number of ketones is 1. The highest BCUT2D eigenvalue weighted by Gasteiger charge is 2.26. The number of aryl methyl sites for hydroxylation is 3. The van der Waals surface area contributed by atoms with Gasteiger partial charge in [-0.15, -0.1) is 0 Å². The maximum atomic E-state index is 12.0. The third-order valence-electron chi connectivity index (χ3n) is 3.90. The van der Waals surface area contributed by atoms with Gasteiger partial charge in [-0.05, 0) is 37.0 Å². The maximum Gasteiger partial charge on any atom is 0.277 e. The highest BCUT2D eigenvalue weighted by Crippen LogP contribution is 2.39. The minimum atomic E-state index is -0.359. The van der Waals surface area contributed by atoms with Crippen LogP contribution in [-0.4, -0.2) is 10.7 Å². The normalized spacial score (nSPS) is 13.9. The largest absolute Gasteiger partial charge is 0.294 e. The molecule has 0 spiro atoms. The molecule has 0 aliphatic heterocycles.